The van der Waals surface area contributed by atoms with Crippen LogP contribution in [-0.4, -0.2) is 37.7 Å². The van der Waals surface area contributed by atoms with Crippen molar-refractivity contribution in [2.75, 3.05) is 19.0 Å². The van der Waals surface area contributed by atoms with E-state index in [0.717, 1.165) is 41.7 Å². The third-order valence-corrected chi connectivity index (χ3v) is 5.79. The number of ether oxygens (including phenoxy) is 2. The number of anilines is 1. The Bertz CT molecular complexity index is 966. The van der Waals surface area contributed by atoms with Crippen LogP contribution in [0.15, 0.2) is 29.4 Å². The predicted molar refractivity (Wildman–Crippen MR) is 114 cm³/mol. The SMILES string of the molecule is CCOC(=O)c1c(NC(=O)C(=O)N/N=C/c2ccc(OC)cc2)sc2c1CCCC2. The van der Waals surface area contributed by atoms with Crippen LogP contribution >= 0.6 is 11.3 Å². The fourth-order valence-corrected chi connectivity index (χ4v) is 4.41. The summed E-state index contributed by atoms with van der Waals surface area (Å²) in [6.07, 6.45) is 5.03. The van der Waals surface area contributed by atoms with Crippen LogP contribution in [0.1, 0.15) is 46.1 Å². The number of carbonyl (C=O) groups is 3. The number of nitrogens with zero attached hydrogens (tertiary/aromatic N) is 1. The minimum atomic E-state index is -0.930. The topological polar surface area (TPSA) is 106 Å². The zero-order valence-electron chi connectivity index (χ0n) is 16.8. The molecule has 0 bridgehead atoms. The van der Waals surface area contributed by atoms with E-state index < -0.39 is 17.8 Å². The van der Waals surface area contributed by atoms with Gasteiger partial charge in [-0.25, -0.2) is 10.2 Å². The van der Waals surface area contributed by atoms with Crippen molar-refractivity contribution in [3.05, 3.63) is 45.8 Å². The number of hydrazone groups is 1. The second kappa shape index (κ2) is 10.0. The fraction of sp³-hybridized carbons (Fsp3) is 0.333. The molecule has 0 aliphatic heterocycles. The number of methoxy groups -OCH3 is 1. The zero-order valence-corrected chi connectivity index (χ0v) is 17.6. The molecule has 30 heavy (non-hydrogen) atoms. The van der Waals surface area contributed by atoms with Crippen molar-refractivity contribution < 1.29 is 23.9 Å². The van der Waals surface area contributed by atoms with Crippen molar-refractivity contribution in [1.29, 1.82) is 0 Å². The van der Waals surface area contributed by atoms with Crippen LogP contribution in [0.4, 0.5) is 5.00 Å². The van der Waals surface area contributed by atoms with Gasteiger partial charge in [0.1, 0.15) is 10.8 Å². The Morgan fingerprint density at radius 3 is 2.57 bits per heavy atom. The molecule has 0 unspecified atom stereocenters. The lowest BCUT2D eigenvalue weighted by atomic mass is 9.95. The Labute approximate surface area is 178 Å². The Hall–Kier alpha value is -3.20. The second-order valence-electron chi connectivity index (χ2n) is 6.56. The average Bonchev–Trinajstić information content (AvgIpc) is 3.12. The van der Waals surface area contributed by atoms with Crippen LogP contribution in [0.3, 0.4) is 0 Å². The largest absolute Gasteiger partial charge is 0.497 e. The first-order valence-corrected chi connectivity index (χ1v) is 10.4. The molecule has 9 heteroatoms. The Kier molecular flexibility index (Phi) is 7.18. The normalized spacial score (nSPS) is 12.9. The lowest BCUT2D eigenvalue weighted by molar-refractivity contribution is -0.136. The van der Waals surface area contributed by atoms with E-state index in [-0.39, 0.29) is 6.61 Å². The minimum absolute atomic E-state index is 0.234. The Balaban J connectivity index is 1.67. The maximum atomic E-state index is 12.4. The molecule has 0 saturated heterocycles. The van der Waals surface area contributed by atoms with Crippen LogP contribution in [-0.2, 0) is 27.2 Å². The van der Waals surface area contributed by atoms with Gasteiger partial charge in [-0.3, -0.25) is 9.59 Å². The van der Waals surface area contributed by atoms with Gasteiger partial charge in [-0.2, -0.15) is 5.10 Å². The van der Waals surface area contributed by atoms with E-state index in [2.05, 4.69) is 15.8 Å². The Morgan fingerprint density at radius 2 is 1.87 bits per heavy atom. The van der Waals surface area contributed by atoms with Crippen LogP contribution < -0.4 is 15.5 Å². The molecule has 0 saturated carbocycles. The predicted octanol–water partition coefficient (Wildman–Crippen LogP) is 2.90. The van der Waals surface area contributed by atoms with E-state index >= 15 is 0 Å². The van der Waals surface area contributed by atoms with E-state index in [9.17, 15) is 14.4 Å². The summed E-state index contributed by atoms with van der Waals surface area (Å²) in [5.41, 5.74) is 4.20. The molecular formula is C21H23N3O5S. The van der Waals surface area contributed by atoms with Crippen LogP contribution in [0.25, 0.3) is 0 Å². The highest BCUT2D eigenvalue weighted by Crippen LogP contribution is 2.38. The van der Waals surface area contributed by atoms with Gasteiger partial charge in [0.25, 0.3) is 0 Å². The van der Waals surface area contributed by atoms with Gasteiger partial charge in [0, 0.05) is 4.88 Å². The number of nitrogens with one attached hydrogen (secondary N) is 2. The van der Waals surface area contributed by atoms with Crippen molar-refractivity contribution in [2.24, 2.45) is 5.10 Å². The standard InChI is InChI=1S/C21H23N3O5S/c1-3-29-21(27)17-15-6-4-5-7-16(15)30-20(17)23-18(25)19(26)24-22-12-13-8-10-14(28-2)11-9-13/h8-12H,3-7H2,1-2H3,(H,23,25)(H,24,26)/b22-12+. The van der Waals surface area contributed by atoms with Crippen LogP contribution in [0.5, 0.6) is 5.75 Å². The van der Waals surface area contributed by atoms with Gasteiger partial charge in [-0.1, -0.05) is 0 Å². The lowest BCUT2D eigenvalue weighted by Crippen LogP contribution is -2.32. The highest BCUT2D eigenvalue weighted by atomic mass is 32.1. The van der Waals surface area contributed by atoms with Gasteiger partial charge < -0.3 is 14.8 Å². The van der Waals surface area contributed by atoms with Gasteiger partial charge in [0.2, 0.25) is 0 Å². The average molecular weight is 429 g/mol. The summed E-state index contributed by atoms with van der Waals surface area (Å²) in [5, 5.41) is 6.69. The van der Waals surface area contributed by atoms with Crippen molar-refractivity contribution >= 4 is 40.3 Å². The maximum absolute atomic E-state index is 12.4. The summed E-state index contributed by atoms with van der Waals surface area (Å²) in [5.74, 6) is -1.61. The number of hydrogen-bond donors (Lipinski definition) is 2. The summed E-state index contributed by atoms with van der Waals surface area (Å²) >= 11 is 1.32. The van der Waals surface area contributed by atoms with E-state index in [1.807, 2.05) is 0 Å². The first-order chi connectivity index (χ1) is 14.5. The number of esters is 1. The molecule has 158 valence electrons. The number of benzene rings is 1. The molecule has 0 spiro atoms. The van der Waals surface area contributed by atoms with Gasteiger partial charge in [0.05, 0.1) is 25.5 Å². The molecule has 2 aromatic rings. The molecule has 1 heterocycles. The smallest absolute Gasteiger partial charge is 0.341 e. The number of hydrogen-bond acceptors (Lipinski definition) is 7. The second-order valence-corrected chi connectivity index (χ2v) is 7.67. The van der Waals surface area contributed by atoms with Gasteiger partial charge in [-0.15, -0.1) is 11.3 Å². The van der Waals surface area contributed by atoms with Crippen molar-refractivity contribution in [3.63, 3.8) is 0 Å². The van der Waals surface area contributed by atoms with E-state index in [4.69, 9.17) is 9.47 Å². The van der Waals surface area contributed by atoms with E-state index in [1.54, 1.807) is 38.3 Å². The highest BCUT2D eigenvalue weighted by molar-refractivity contribution is 7.17. The first-order valence-electron chi connectivity index (χ1n) is 9.63. The zero-order chi connectivity index (χ0) is 21.5. The number of aryl methyl sites for hydroxylation is 1. The number of fused-ring (bicyclic) bond motifs is 1. The molecule has 2 amide bonds. The van der Waals surface area contributed by atoms with Gasteiger partial charge in [-0.05, 0) is 68.0 Å². The van der Waals surface area contributed by atoms with Crippen molar-refractivity contribution in [3.8, 4) is 5.75 Å². The third-order valence-electron chi connectivity index (χ3n) is 4.58. The molecule has 0 fully saturated rings. The molecule has 0 radical (unpaired) electrons. The van der Waals surface area contributed by atoms with Crippen LogP contribution in [0.2, 0.25) is 0 Å². The third kappa shape index (κ3) is 5.04. The summed E-state index contributed by atoms with van der Waals surface area (Å²) < 4.78 is 10.2. The number of thiophene rings is 1. The van der Waals surface area contributed by atoms with Crippen molar-refractivity contribution in [1.82, 2.24) is 5.43 Å². The molecule has 0 atom stereocenters. The maximum Gasteiger partial charge on any atom is 0.341 e. The summed E-state index contributed by atoms with van der Waals surface area (Å²) in [6, 6.07) is 7.03. The van der Waals surface area contributed by atoms with Crippen LogP contribution in [0, 0.1) is 0 Å². The number of carbonyl (C=O) groups excluding carboxylic acids is 3. The van der Waals surface area contributed by atoms with Gasteiger partial charge in [0.15, 0.2) is 0 Å². The molecule has 8 nitrogen and oxygen atoms in total. The first kappa shape index (κ1) is 21.5. The summed E-state index contributed by atoms with van der Waals surface area (Å²) in [7, 11) is 1.57. The molecule has 1 aliphatic carbocycles. The molecular weight excluding hydrogens is 406 g/mol. The summed E-state index contributed by atoms with van der Waals surface area (Å²) in [6.45, 7) is 1.96. The van der Waals surface area contributed by atoms with Crippen molar-refractivity contribution in [2.45, 2.75) is 32.6 Å². The number of rotatable bonds is 6. The minimum Gasteiger partial charge on any atom is -0.497 e. The monoisotopic (exact) mass is 429 g/mol. The molecule has 1 aromatic heterocycles. The molecule has 1 aliphatic rings. The van der Waals surface area contributed by atoms with E-state index in [1.165, 1.54) is 17.6 Å². The highest BCUT2D eigenvalue weighted by Gasteiger charge is 2.28. The molecule has 1 aromatic carbocycles. The lowest BCUT2D eigenvalue weighted by Gasteiger charge is -2.12. The van der Waals surface area contributed by atoms with E-state index in [0.29, 0.717) is 16.3 Å². The quantitative estimate of drug-likeness (QED) is 0.318. The summed E-state index contributed by atoms with van der Waals surface area (Å²) in [4.78, 5) is 37.9. The number of amides is 2. The Morgan fingerprint density at radius 1 is 1.13 bits per heavy atom. The molecule has 3 rings (SSSR count). The molecule has 2 N–H and O–H groups in total. The van der Waals surface area contributed by atoms with Gasteiger partial charge >= 0.3 is 17.8 Å². The fourth-order valence-electron chi connectivity index (χ4n) is 3.14.